The third-order valence-corrected chi connectivity index (χ3v) is 3.32. The molecule has 0 aromatic carbocycles. The van der Waals surface area contributed by atoms with E-state index in [1.54, 1.807) is 0 Å². The second-order valence-electron chi connectivity index (χ2n) is 5.31. The van der Waals surface area contributed by atoms with Gasteiger partial charge in [0.1, 0.15) is 0 Å². The number of fused-ring (bicyclic) bond motifs is 1. The summed E-state index contributed by atoms with van der Waals surface area (Å²) in [6.07, 6.45) is 1.03. The van der Waals surface area contributed by atoms with Crippen LogP contribution in [0.3, 0.4) is 0 Å². The normalized spacial score (nSPS) is 11.9. The number of hydrogen-bond acceptors (Lipinski definition) is 1. The third-order valence-electron chi connectivity index (χ3n) is 3.32. The maximum Gasteiger partial charge on any atom is 0.0684 e. The number of hydrogen-bond donors (Lipinski definition) is 0. The molecule has 0 spiro atoms. The van der Waals surface area contributed by atoms with Gasteiger partial charge < -0.3 is 0 Å². The topological polar surface area (TPSA) is 17.3 Å². The van der Waals surface area contributed by atoms with Gasteiger partial charge in [-0.2, -0.15) is 5.10 Å². The van der Waals surface area contributed by atoms with Crippen LogP contribution in [0.25, 0.3) is 5.52 Å². The molecule has 2 aromatic heterocycles. The van der Waals surface area contributed by atoms with Crippen LogP contribution in [-0.4, -0.2) is 9.61 Å². The van der Waals surface area contributed by atoms with Crippen molar-refractivity contribution in [2.75, 3.05) is 0 Å². The zero-order valence-electron chi connectivity index (χ0n) is 11.5. The Labute approximate surface area is 104 Å². The number of rotatable bonds is 3. The maximum atomic E-state index is 4.77. The maximum absolute atomic E-state index is 4.77. The molecule has 0 aliphatic heterocycles. The fourth-order valence-electron chi connectivity index (χ4n) is 2.21. The minimum atomic E-state index is 0.481. The van der Waals surface area contributed by atoms with E-state index in [9.17, 15) is 0 Å². The Kier molecular flexibility index (Phi) is 3.23. The number of nitrogens with zero attached hydrogens (tertiary/aromatic N) is 2. The summed E-state index contributed by atoms with van der Waals surface area (Å²) in [5.41, 5.74) is 5.15. The highest BCUT2D eigenvalue weighted by Crippen LogP contribution is 2.25. The zero-order valence-corrected chi connectivity index (χ0v) is 11.5. The van der Waals surface area contributed by atoms with E-state index >= 15 is 0 Å². The largest absolute Gasteiger partial charge is 0.237 e. The van der Waals surface area contributed by atoms with Gasteiger partial charge in [-0.1, -0.05) is 34.6 Å². The molecule has 0 fully saturated rings. The summed E-state index contributed by atoms with van der Waals surface area (Å²) in [4.78, 5) is 0. The van der Waals surface area contributed by atoms with Gasteiger partial charge in [-0.05, 0) is 42.0 Å². The second-order valence-corrected chi connectivity index (χ2v) is 5.31. The molecule has 0 aliphatic carbocycles. The van der Waals surface area contributed by atoms with Crippen LogP contribution in [-0.2, 0) is 6.42 Å². The summed E-state index contributed by atoms with van der Waals surface area (Å²) in [6, 6.07) is 6.68. The van der Waals surface area contributed by atoms with Crippen molar-refractivity contribution in [1.82, 2.24) is 9.61 Å². The first-order valence-corrected chi connectivity index (χ1v) is 6.56. The SMILES string of the molecule is CCc1cc(C(C)C)c2ccc(C(C)C)nn12. The molecule has 0 atom stereocenters. The van der Waals surface area contributed by atoms with Crippen molar-refractivity contribution in [1.29, 1.82) is 0 Å². The van der Waals surface area contributed by atoms with Gasteiger partial charge >= 0.3 is 0 Å². The van der Waals surface area contributed by atoms with E-state index < -0.39 is 0 Å². The lowest BCUT2D eigenvalue weighted by Gasteiger charge is -2.08. The van der Waals surface area contributed by atoms with Crippen LogP contribution in [0.2, 0.25) is 0 Å². The van der Waals surface area contributed by atoms with Crippen molar-refractivity contribution in [3.8, 4) is 0 Å². The standard InChI is InChI=1S/C15H22N2/c1-6-12-9-13(10(2)3)15-8-7-14(11(4)5)16-17(12)15/h7-11H,6H2,1-5H3. The van der Waals surface area contributed by atoms with Gasteiger partial charge in [0.2, 0.25) is 0 Å². The first kappa shape index (κ1) is 12.2. The van der Waals surface area contributed by atoms with Gasteiger partial charge in [0.25, 0.3) is 0 Å². The van der Waals surface area contributed by atoms with E-state index in [0.717, 1.165) is 12.1 Å². The molecule has 0 saturated heterocycles. The first-order valence-electron chi connectivity index (χ1n) is 6.56. The molecule has 0 aliphatic rings. The van der Waals surface area contributed by atoms with Crippen LogP contribution in [0.4, 0.5) is 0 Å². The predicted molar refractivity (Wildman–Crippen MR) is 72.7 cm³/mol. The monoisotopic (exact) mass is 230 g/mol. The van der Waals surface area contributed by atoms with Crippen molar-refractivity contribution >= 4 is 5.52 Å². The van der Waals surface area contributed by atoms with Crippen LogP contribution in [0.15, 0.2) is 18.2 Å². The second kappa shape index (κ2) is 4.52. The molecule has 0 unspecified atom stereocenters. The minimum absolute atomic E-state index is 0.481. The lowest BCUT2D eigenvalue weighted by Crippen LogP contribution is -2.02. The Morgan fingerprint density at radius 3 is 2.35 bits per heavy atom. The van der Waals surface area contributed by atoms with E-state index in [2.05, 4.69) is 57.3 Å². The summed E-state index contributed by atoms with van der Waals surface area (Å²) >= 11 is 0. The lowest BCUT2D eigenvalue weighted by atomic mass is 10.0. The number of aromatic nitrogens is 2. The molecule has 0 amide bonds. The van der Waals surface area contributed by atoms with Gasteiger partial charge in [0.15, 0.2) is 0 Å². The molecule has 2 rings (SSSR count). The van der Waals surface area contributed by atoms with Crippen molar-refractivity contribution in [2.24, 2.45) is 0 Å². The Morgan fingerprint density at radius 1 is 1.12 bits per heavy atom. The fourth-order valence-corrected chi connectivity index (χ4v) is 2.21. The quantitative estimate of drug-likeness (QED) is 0.774. The van der Waals surface area contributed by atoms with E-state index in [1.165, 1.54) is 16.8 Å². The Balaban J connectivity index is 2.68. The molecule has 0 radical (unpaired) electrons. The van der Waals surface area contributed by atoms with Crippen LogP contribution in [0, 0.1) is 0 Å². The molecule has 2 heterocycles. The molecule has 17 heavy (non-hydrogen) atoms. The summed E-state index contributed by atoms with van der Waals surface area (Å²) in [6.45, 7) is 11.0. The van der Waals surface area contributed by atoms with Crippen molar-refractivity contribution in [3.05, 3.63) is 35.2 Å². The van der Waals surface area contributed by atoms with Gasteiger partial charge in [0, 0.05) is 5.69 Å². The Hall–Kier alpha value is -1.31. The van der Waals surface area contributed by atoms with Crippen molar-refractivity contribution in [3.63, 3.8) is 0 Å². The van der Waals surface area contributed by atoms with Crippen molar-refractivity contribution < 1.29 is 0 Å². The van der Waals surface area contributed by atoms with Crippen LogP contribution in [0.5, 0.6) is 0 Å². The highest BCUT2D eigenvalue weighted by atomic mass is 15.2. The van der Waals surface area contributed by atoms with Gasteiger partial charge in [-0.25, -0.2) is 4.52 Å². The molecule has 0 N–H and O–H groups in total. The van der Waals surface area contributed by atoms with Crippen molar-refractivity contribution in [2.45, 2.75) is 52.9 Å². The molecule has 2 heteroatoms. The van der Waals surface area contributed by atoms with Gasteiger partial charge in [-0.15, -0.1) is 0 Å². The predicted octanol–water partition coefficient (Wildman–Crippen LogP) is 4.14. The highest BCUT2D eigenvalue weighted by molar-refractivity contribution is 5.58. The first-order chi connectivity index (χ1) is 8.04. The summed E-state index contributed by atoms with van der Waals surface area (Å²) in [5.74, 6) is 1.03. The fraction of sp³-hybridized carbons (Fsp3) is 0.533. The highest BCUT2D eigenvalue weighted by Gasteiger charge is 2.12. The smallest absolute Gasteiger partial charge is 0.0684 e. The average Bonchev–Trinajstić information content (AvgIpc) is 2.66. The lowest BCUT2D eigenvalue weighted by molar-refractivity contribution is 0.745. The van der Waals surface area contributed by atoms with E-state index in [0.29, 0.717) is 11.8 Å². The Morgan fingerprint density at radius 2 is 1.82 bits per heavy atom. The molecule has 2 aromatic rings. The summed E-state index contributed by atoms with van der Waals surface area (Å²) < 4.78 is 2.13. The molecule has 0 bridgehead atoms. The van der Waals surface area contributed by atoms with Crippen LogP contribution < -0.4 is 0 Å². The van der Waals surface area contributed by atoms with Gasteiger partial charge in [0.05, 0.1) is 11.2 Å². The van der Waals surface area contributed by atoms with E-state index in [1.807, 2.05) is 0 Å². The van der Waals surface area contributed by atoms with E-state index in [4.69, 9.17) is 5.10 Å². The molecule has 2 nitrogen and oxygen atoms in total. The minimum Gasteiger partial charge on any atom is -0.237 e. The summed E-state index contributed by atoms with van der Waals surface area (Å²) in [7, 11) is 0. The zero-order chi connectivity index (χ0) is 12.6. The summed E-state index contributed by atoms with van der Waals surface area (Å²) in [5, 5.41) is 4.77. The van der Waals surface area contributed by atoms with Gasteiger partial charge in [-0.3, -0.25) is 0 Å². The molecule has 0 saturated carbocycles. The van der Waals surface area contributed by atoms with Crippen LogP contribution in [0.1, 0.15) is 63.4 Å². The van der Waals surface area contributed by atoms with E-state index in [-0.39, 0.29) is 0 Å². The number of aryl methyl sites for hydroxylation is 1. The average molecular weight is 230 g/mol. The molecular weight excluding hydrogens is 208 g/mol. The Bertz CT molecular complexity index is 521. The van der Waals surface area contributed by atoms with Crippen LogP contribution >= 0.6 is 0 Å². The molecule has 92 valence electrons. The third kappa shape index (κ3) is 2.08. The molecular formula is C15H22N2.